The van der Waals surface area contributed by atoms with E-state index in [0.717, 1.165) is 29.7 Å². The third-order valence-corrected chi connectivity index (χ3v) is 3.55. The maximum Gasteiger partial charge on any atom is 0.163 e. The number of hydrogen-bond donors (Lipinski definition) is 0. The van der Waals surface area contributed by atoms with Gasteiger partial charge in [-0.3, -0.25) is 9.48 Å². The highest BCUT2D eigenvalue weighted by Crippen LogP contribution is 2.27. The number of carbonyl (C=O) groups excluding carboxylic acids is 1. The molecule has 0 fully saturated rings. The van der Waals surface area contributed by atoms with Crippen molar-refractivity contribution in [3.8, 4) is 11.1 Å². The van der Waals surface area contributed by atoms with Gasteiger partial charge in [-0.15, -0.1) is 0 Å². The molecule has 1 aromatic carbocycles. The van der Waals surface area contributed by atoms with E-state index in [1.807, 2.05) is 23.0 Å². The summed E-state index contributed by atoms with van der Waals surface area (Å²) in [6.07, 6.45) is 5.52. The fourth-order valence-electron chi connectivity index (χ4n) is 2.62. The Morgan fingerprint density at radius 1 is 1.26 bits per heavy atom. The molecule has 0 radical (unpaired) electrons. The van der Waals surface area contributed by atoms with E-state index in [9.17, 15) is 4.79 Å². The summed E-state index contributed by atoms with van der Waals surface area (Å²) < 4.78 is 1.98. The first-order valence-electron chi connectivity index (χ1n) is 6.82. The number of nitrogens with zero attached hydrogens (tertiary/aromatic N) is 2. The Kier molecular flexibility index (Phi) is 2.97. The summed E-state index contributed by atoms with van der Waals surface area (Å²) in [6, 6.07) is 6.12. The largest absolute Gasteiger partial charge is 0.294 e. The van der Waals surface area contributed by atoms with Crippen molar-refractivity contribution in [2.45, 2.75) is 33.2 Å². The van der Waals surface area contributed by atoms with Crippen molar-refractivity contribution >= 4 is 5.78 Å². The monoisotopic (exact) mass is 254 g/mol. The van der Waals surface area contributed by atoms with E-state index >= 15 is 0 Å². The number of rotatable bonds is 3. The highest BCUT2D eigenvalue weighted by molar-refractivity contribution is 6.00. The SMILES string of the molecule is CC(C)Cn1cc(-c2ccc3c(c2)CCC3=O)cn1. The van der Waals surface area contributed by atoms with Crippen molar-refractivity contribution in [2.75, 3.05) is 0 Å². The molecular formula is C16H18N2O. The van der Waals surface area contributed by atoms with Gasteiger partial charge in [-0.2, -0.15) is 5.10 Å². The summed E-state index contributed by atoms with van der Waals surface area (Å²) >= 11 is 0. The zero-order chi connectivity index (χ0) is 13.4. The molecule has 1 aliphatic carbocycles. The predicted octanol–water partition coefficient (Wildman–Crippen LogP) is 3.34. The topological polar surface area (TPSA) is 34.9 Å². The Labute approximate surface area is 113 Å². The van der Waals surface area contributed by atoms with Crippen molar-refractivity contribution in [1.29, 1.82) is 0 Å². The van der Waals surface area contributed by atoms with Gasteiger partial charge in [0.1, 0.15) is 0 Å². The Balaban J connectivity index is 1.90. The number of carbonyl (C=O) groups is 1. The van der Waals surface area contributed by atoms with Crippen molar-refractivity contribution in [3.63, 3.8) is 0 Å². The van der Waals surface area contributed by atoms with Crippen LogP contribution in [0, 0.1) is 5.92 Å². The lowest BCUT2D eigenvalue weighted by Crippen LogP contribution is -2.03. The quantitative estimate of drug-likeness (QED) is 0.842. The number of aryl methyl sites for hydroxylation is 1. The third kappa shape index (κ3) is 2.33. The summed E-state index contributed by atoms with van der Waals surface area (Å²) in [6.45, 7) is 5.30. The molecule has 1 heterocycles. The van der Waals surface area contributed by atoms with Crippen molar-refractivity contribution in [1.82, 2.24) is 9.78 Å². The summed E-state index contributed by atoms with van der Waals surface area (Å²) in [5, 5.41) is 4.39. The Bertz CT molecular complexity index is 625. The van der Waals surface area contributed by atoms with Gasteiger partial charge in [-0.25, -0.2) is 0 Å². The standard InChI is InChI=1S/C16H18N2O/c1-11(2)9-18-10-14(8-17-18)12-3-5-15-13(7-12)4-6-16(15)19/h3,5,7-8,10-11H,4,6,9H2,1-2H3. The molecule has 0 atom stereocenters. The van der Waals surface area contributed by atoms with E-state index < -0.39 is 0 Å². The Hall–Kier alpha value is -1.90. The molecule has 1 aliphatic rings. The maximum atomic E-state index is 11.6. The smallest absolute Gasteiger partial charge is 0.163 e. The van der Waals surface area contributed by atoms with Gasteiger partial charge in [0.15, 0.2) is 5.78 Å². The zero-order valence-corrected chi connectivity index (χ0v) is 11.4. The van der Waals surface area contributed by atoms with Crippen LogP contribution in [0.1, 0.15) is 36.2 Å². The molecule has 3 rings (SSSR count). The molecule has 3 heteroatoms. The van der Waals surface area contributed by atoms with Crippen LogP contribution < -0.4 is 0 Å². The molecule has 0 saturated heterocycles. The van der Waals surface area contributed by atoms with Gasteiger partial charge in [0.05, 0.1) is 6.20 Å². The van der Waals surface area contributed by atoms with Gasteiger partial charge in [-0.05, 0) is 23.5 Å². The number of fused-ring (bicyclic) bond motifs is 1. The van der Waals surface area contributed by atoms with Crippen LogP contribution >= 0.6 is 0 Å². The lowest BCUT2D eigenvalue weighted by Gasteiger charge is -2.04. The van der Waals surface area contributed by atoms with Crippen LogP contribution in [0.2, 0.25) is 0 Å². The van der Waals surface area contributed by atoms with E-state index in [2.05, 4.69) is 31.2 Å². The van der Waals surface area contributed by atoms with Crippen molar-refractivity contribution in [3.05, 3.63) is 41.7 Å². The van der Waals surface area contributed by atoms with Gasteiger partial charge in [-0.1, -0.05) is 32.0 Å². The number of benzene rings is 1. The maximum absolute atomic E-state index is 11.6. The minimum atomic E-state index is 0.275. The molecule has 0 N–H and O–H groups in total. The first-order valence-corrected chi connectivity index (χ1v) is 6.82. The van der Waals surface area contributed by atoms with Crippen molar-refractivity contribution in [2.24, 2.45) is 5.92 Å². The van der Waals surface area contributed by atoms with Gasteiger partial charge in [0.25, 0.3) is 0 Å². The molecule has 0 aliphatic heterocycles. The average molecular weight is 254 g/mol. The second-order valence-electron chi connectivity index (χ2n) is 5.64. The van der Waals surface area contributed by atoms with E-state index in [1.165, 1.54) is 5.56 Å². The third-order valence-electron chi connectivity index (χ3n) is 3.55. The lowest BCUT2D eigenvalue weighted by molar-refractivity contribution is 0.0994. The Morgan fingerprint density at radius 3 is 2.89 bits per heavy atom. The second-order valence-corrected chi connectivity index (χ2v) is 5.64. The summed E-state index contributed by atoms with van der Waals surface area (Å²) in [4.78, 5) is 11.6. The Morgan fingerprint density at radius 2 is 2.11 bits per heavy atom. The van der Waals surface area contributed by atoms with Gasteiger partial charge < -0.3 is 0 Å². The number of aromatic nitrogens is 2. The molecule has 2 aromatic rings. The normalized spacial score (nSPS) is 14.2. The zero-order valence-electron chi connectivity index (χ0n) is 11.4. The summed E-state index contributed by atoms with van der Waals surface area (Å²) in [7, 11) is 0. The van der Waals surface area contributed by atoms with Crippen LogP contribution in [0.15, 0.2) is 30.6 Å². The minimum Gasteiger partial charge on any atom is -0.294 e. The van der Waals surface area contributed by atoms with Crippen LogP contribution in [-0.4, -0.2) is 15.6 Å². The first kappa shape index (κ1) is 12.2. The molecule has 19 heavy (non-hydrogen) atoms. The van der Waals surface area contributed by atoms with Crippen LogP contribution in [0.25, 0.3) is 11.1 Å². The highest BCUT2D eigenvalue weighted by Gasteiger charge is 2.19. The molecule has 98 valence electrons. The van der Waals surface area contributed by atoms with Crippen LogP contribution in [0.3, 0.4) is 0 Å². The predicted molar refractivity (Wildman–Crippen MR) is 75.2 cm³/mol. The molecule has 1 aromatic heterocycles. The van der Waals surface area contributed by atoms with Gasteiger partial charge in [0, 0.05) is 30.3 Å². The summed E-state index contributed by atoms with van der Waals surface area (Å²) in [5.74, 6) is 0.863. The van der Waals surface area contributed by atoms with E-state index in [1.54, 1.807) is 0 Å². The first-order chi connectivity index (χ1) is 9.13. The van der Waals surface area contributed by atoms with Crippen LogP contribution in [0.4, 0.5) is 0 Å². The highest BCUT2D eigenvalue weighted by atomic mass is 16.1. The average Bonchev–Trinajstić information content (AvgIpc) is 2.96. The van der Waals surface area contributed by atoms with Crippen LogP contribution in [0.5, 0.6) is 0 Å². The molecular weight excluding hydrogens is 236 g/mol. The van der Waals surface area contributed by atoms with E-state index in [0.29, 0.717) is 12.3 Å². The number of hydrogen-bond acceptors (Lipinski definition) is 2. The molecule has 3 nitrogen and oxygen atoms in total. The van der Waals surface area contributed by atoms with Gasteiger partial charge in [0.2, 0.25) is 0 Å². The minimum absolute atomic E-state index is 0.275. The van der Waals surface area contributed by atoms with E-state index in [4.69, 9.17) is 0 Å². The van der Waals surface area contributed by atoms with E-state index in [-0.39, 0.29) is 5.78 Å². The molecule has 0 bridgehead atoms. The fourth-order valence-corrected chi connectivity index (χ4v) is 2.62. The van der Waals surface area contributed by atoms with Gasteiger partial charge >= 0.3 is 0 Å². The summed E-state index contributed by atoms with van der Waals surface area (Å²) in [5.41, 5.74) is 4.36. The number of Topliss-reactive ketones (excluding diaryl/α,β-unsaturated/α-hetero) is 1. The second kappa shape index (κ2) is 4.65. The van der Waals surface area contributed by atoms with Crippen molar-refractivity contribution < 1.29 is 4.79 Å². The molecule has 0 unspecified atom stereocenters. The number of ketones is 1. The molecule has 0 spiro atoms. The van der Waals surface area contributed by atoms with Crippen LogP contribution in [-0.2, 0) is 13.0 Å². The fraction of sp³-hybridized carbons (Fsp3) is 0.375. The molecule has 0 amide bonds. The lowest BCUT2D eigenvalue weighted by atomic mass is 10.0. The molecule has 0 saturated carbocycles.